The van der Waals surface area contributed by atoms with Crippen LogP contribution >= 0.6 is 0 Å². The Hall–Kier alpha value is -3.24. The minimum atomic E-state index is -3.82. The number of anilines is 1. The molecule has 1 aromatic carbocycles. The van der Waals surface area contributed by atoms with E-state index < -0.39 is 15.9 Å². The Labute approximate surface area is 187 Å². The number of hydrogen-bond acceptors (Lipinski definition) is 6. The number of nitrogens with one attached hydrogen (secondary N) is 1. The van der Waals surface area contributed by atoms with Gasteiger partial charge in [0.25, 0.3) is 5.91 Å². The maximum atomic E-state index is 13.4. The quantitative estimate of drug-likeness (QED) is 0.612. The van der Waals surface area contributed by atoms with Gasteiger partial charge >= 0.3 is 0 Å². The highest BCUT2D eigenvalue weighted by Gasteiger charge is 2.33. The van der Waals surface area contributed by atoms with Gasteiger partial charge in [0.2, 0.25) is 10.0 Å². The van der Waals surface area contributed by atoms with Crippen molar-refractivity contribution in [3.63, 3.8) is 0 Å². The molecule has 4 rings (SSSR count). The van der Waals surface area contributed by atoms with Crippen molar-refractivity contribution in [3.8, 4) is 11.6 Å². The Morgan fingerprint density at radius 2 is 2.03 bits per heavy atom. The van der Waals surface area contributed by atoms with E-state index in [0.29, 0.717) is 18.1 Å². The van der Waals surface area contributed by atoms with Crippen LogP contribution in [0.25, 0.3) is 5.82 Å². The molecule has 1 aliphatic heterocycles. The molecule has 2 aromatic heterocycles. The summed E-state index contributed by atoms with van der Waals surface area (Å²) in [6, 6.07) is 9.47. The van der Waals surface area contributed by atoms with E-state index in [2.05, 4.69) is 15.4 Å². The summed E-state index contributed by atoms with van der Waals surface area (Å²) < 4.78 is 35.2. The van der Waals surface area contributed by atoms with E-state index >= 15 is 0 Å². The molecule has 32 heavy (non-hydrogen) atoms. The Balaban J connectivity index is 1.67. The molecule has 0 bridgehead atoms. The molecule has 9 nitrogen and oxygen atoms in total. The number of aromatic nitrogens is 3. The minimum Gasteiger partial charge on any atom is -0.495 e. The number of ether oxygens (including phenoxy) is 1. The molecule has 0 saturated carbocycles. The average Bonchev–Trinajstić information content (AvgIpc) is 3.34. The Morgan fingerprint density at radius 3 is 2.75 bits per heavy atom. The fourth-order valence-electron chi connectivity index (χ4n) is 3.84. The van der Waals surface area contributed by atoms with Gasteiger partial charge < -0.3 is 10.1 Å². The molecule has 1 fully saturated rings. The van der Waals surface area contributed by atoms with Gasteiger partial charge in [-0.3, -0.25) is 4.79 Å². The fourth-order valence-corrected chi connectivity index (χ4v) is 5.72. The van der Waals surface area contributed by atoms with Crippen LogP contribution in [0.1, 0.15) is 36.5 Å². The second kappa shape index (κ2) is 9.09. The first-order valence-electron chi connectivity index (χ1n) is 10.4. The first-order chi connectivity index (χ1) is 15.4. The average molecular weight is 456 g/mol. The Morgan fingerprint density at radius 1 is 1.19 bits per heavy atom. The molecule has 3 aromatic rings. The number of carbonyl (C=O) groups excluding carboxylic acids is 1. The number of carbonyl (C=O) groups is 1. The van der Waals surface area contributed by atoms with Crippen LogP contribution in [-0.4, -0.2) is 53.1 Å². The number of amides is 1. The third-order valence-corrected chi connectivity index (χ3v) is 7.55. The number of rotatable bonds is 6. The van der Waals surface area contributed by atoms with Crippen molar-refractivity contribution < 1.29 is 17.9 Å². The van der Waals surface area contributed by atoms with Gasteiger partial charge in [-0.25, -0.2) is 18.1 Å². The molecule has 1 aliphatic rings. The van der Waals surface area contributed by atoms with E-state index in [1.54, 1.807) is 36.8 Å². The third-order valence-electron chi connectivity index (χ3n) is 5.51. The molecule has 0 aliphatic carbocycles. The smallest absolute Gasteiger partial charge is 0.255 e. The number of sulfonamides is 1. The van der Waals surface area contributed by atoms with Crippen LogP contribution < -0.4 is 10.1 Å². The van der Waals surface area contributed by atoms with Crippen molar-refractivity contribution in [2.24, 2.45) is 0 Å². The van der Waals surface area contributed by atoms with Crippen molar-refractivity contribution in [2.75, 3.05) is 19.0 Å². The van der Waals surface area contributed by atoms with Crippen LogP contribution in [0.2, 0.25) is 0 Å². The minimum absolute atomic E-state index is 0.0140. The van der Waals surface area contributed by atoms with Gasteiger partial charge in [0.05, 0.1) is 12.8 Å². The summed E-state index contributed by atoms with van der Waals surface area (Å²) in [5.41, 5.74) is 0.649. The molecule has 10 heteroatoms. The summed E-state index contributed by atoms with van der Waals surface area (Å²) in [6.45, 7) is 2.35. The fraction of sp³-hybridized carbons (Fsp3) is 0.318. The lowest BCUT2D eigenvalue weighted by molar-refractivity contribution is 0.102. The van der Waals surface area contributed by atoms with Crippen LogP contribution in [0, 0.1) is 0 Å². The summed E-state index contributed by atoms with van der Waals surface area (Å²) in [5, 5.41) is 6.96. The van der Waals surface area contributed by atoms with Gasteiger partial charge in [0.15, 0.2) is 5.82 Å². The van der Waals surface area contributed by atoms with Gasteiger partial charge in [-0.1, -0.05) is 6.42 Å². The predicted molar refractivity (Wildman–Crippen MR) is 120 cm³/mol. The van der Waals surface area contributed by atoms with Crippen molar-refractivity contribution in [1.82, 2.24) is 19.1 Å². The van der Waals surface area contributed by atoms with Crippen LogP contribution in [-0.2, 0) is 10.0 Å². The largest absolute Gasteiger partial charge is 0.495 e. The summed E-state index contributed by atoms with van der Waals surface area (Å²) in [5.74, 6) is 0.199. The van der Waals surface area contributed by atoms with Crippen molar-refractivity contribution in [2.45, 2.75) is 37.1 Å². The molecule has 1 N–H and O–H groups in total. The molecule has 0 unspecified atom stereocenters. The molecular weight excluding hydrogens is 430 g/mol. The number of pyridine rings is 1. The van der Waals surface area contributed by atoms with Gasteiger partial charge in [-0.15, -0.1) is 0 Å². The topological polar surface area (TPSA) is 106 Å². The highest BCUT2D eigenvalue weighted by Crippen LogP contribution is 2.32. The van der Waals surface area contributed by atoms with E-state index in [1.165, 1.54) is 34.3 Å². The van der Waals surface area contributed by atoms with Crippen LogP contribution in [0.4, 0.5) is 5.69 Å². The Kier molecular flexibility index (Phi) is 6.24. The van der Waals surface area contributed by atoms with Crippen LogP contribution in [0.5, 0.6) is 5.75 Å². The van der Waals surface area contributed by atoms with Gasteiger partial charge in [0.1, 0.15) is 10.6 Å². The van der Waals surface area contributed by atoms with E-state index in [1.807, 2.05) is 6.92 Å². The predicted octanol–water partition coefficient (Wildman–Crippen LogP) is 3.09. The highest BCUT2D eigenvalue weighted by atomic mass is 32.2. The highest BCUT2D eigenvalue weighted by molar-refractivity contribution is 7.89. The van der Waals surface area contributed by atoms with E-state index in [-0.39, 0.29) is 22.3 Å². The summed E-state index contributed by atoms with van der Waals surface area (Å²) >= 11 is 0. The van der Waals surface area contributed by atoms with Gasteiger partial charge in [-0.2, -0.15) is 9.40 Å². The molecule has 1 amide bonds. The monoisotopic (exact) mass is 455 g/mol. The second-order valence-electron chi connectivity index (χ2n) is 7.61. The lowest BCUT2D eigenvalue weighted by Crippen LogP contribution is -2.42. The van der Waals surface area contributed by atoms with Crippen LogP contribution in [0.3, 0.4) is 0 Å². The van der Waals surface area contributed by atoms with Crippen molar-refractivity contribution >= 4 is 21.6 Å². The number of nitrogens with zero attached hydrogens (tertiary/aromatic N) is 4. The van der Waals surface area contributed by atoms with E-state index in [4.69, 9.17) is 4.74 Å². The number of hydrogen-bond donors (Lipinski definition) is 1. The normalized spacial score (nSPS) is 17.1. The number of piperidine rings is 1. The second-order valence-corrected chi connectivity index (χ2v) is 9.46. The van der Waals surface area contributed by atoms with Crippen molar-refractivity contribution in [1.29, 1.82) is 0 Å². The zero-order chi connectivity index (χ0) is 22.7. The van der Waals surface area contributed by atoms with Gasteiger partial charge in [0, 0.05) is 36.7 Å². The maximum Gasteiger partial charge on any atom is 0.255 e. The zero-order valence-corrected chi connectivity index (χ0v) is 18.7. The lowest BCUT2D eigenvalue weighted by Gasteiger charge is -2.32. The Bertz CT molecular complexity index is 1210. The zero-order valence-electron chi connectivity index (χ0n) is 17.9. The third kappa shape index (κ3) is 4.23. The van der Waals surface area contributed by atoms with Crippen molar-refractivity contribution in [3.05, 3.63) is 60.6 Å². The van der Waals surface area contributed by atoms with Gasteiger partial charge in [-0.05, 0) is 56.2 Å². The summed E-state index contributed by atoms with van der Waals surface area (Å²) in [4.78, 5) is 17.3. The molecule has 3 heterocycles. The SMILES string of the molecule is COc1ccc(C(=O)Nc2cccnc2-n2cccn2)cc1S(=O)(=O)N1CCCC[C@H]1C. The number of methoxy groups -OCH3 is 1. The molecule has 168 valence electrons. The molecular formula is C22H25N5O4S. The van der Waals surface area contributed by atoms with E-state index in [0.717, 1.165) is 19.3 Å². The molecule has 0 spiro atoms. The standard InChI is InChI=1S/C22H25N5O4S/c1-16-7-3-4-14-27(16)32(29,30)20-15-17(9-10-19(20)31-2)22(28)25-18-8-5-11-23-21(18)26-13-6-12-24-26/h5-6,8-13,15-16H,3-4,7,14H2,1-2H3,(H,25,28)/t16-/m1/s1. The molecule has 0 radical (unpaired) electrons. The first kappa shape index (κ1) is 22.0. The van der Waals surface area contributed by atoms with Crippen LogP contribution in [0.15, 0.2) is 59.9 Å². The molecule has 1 atom stereocenters. The lowest BCUT2D eigenvalue weighted by atomic mass is 10.1. The maximum absolute atomic E-state index is 13.4. The number of benzene rings is 1. The molecule has 1 saturated heterocycles. The summed E-state index contributed by atoms with van der Waals surface area (Å²) in [7, 11) is -2.41. The summed E-state index contributed by atoms with van der Waals surface area (Å²) in [6.07, 6.45) is 7.54. The first-order valence-corrected chi connectivity index (χ1v) is 11.8. The van der Waals surface area contributed by atoms with E-state index in [9.17, 15) is 13.2 Å².